The molecule has 0 saturated carbocycles. The monoisotopic (exact) mass is 250 g/mol. The Balaban J connectivity index is 1.76. The molecule has 1 N–H and O–H groups in total. The van der Waals surface area contributed by atoms with Crippen LogP contribution in [0.1, 0.15) is 24.2 Å². The molecule has 98 valence electrons. The summed E-state index contributed by atoms with van der Waals surface area (Å²) in [6.07, 6.45) is 0. The van der Waals surface area contributed by atoms with Gasteiger partial charge < -0.3 is 10.2 Å². The summed E-state index contributed by atoms with van der Waals surface area (Å²) < 4.78 is 13.0. The van der Waals surface area contributed by atoms with E-state index in [1.165, 1.54) is 12.1 Å². The maximum Gasteiger partial charge on any atom is 0.251 e. The molecule has 0 bridgehead atoms. The van der Waals surface area contributed by atoms with Crippen molar-refractivity contribution >= 4 is 5.91 Å². The van der Waals surface area contributed by atoms with Gasteiger partial charge >= 0.3 is 0 Å². The van der Waals surface area contributed by atoms with E-state index in [0.29, 0.717) is 24.1 Å². The molecule has 1 aromatic carbocycles. The molecule has 1 fully saturated rings. The second kappa shape index (κ2) is 5.48. The van der Waals surface area contributed by atoms with Crippen molar-refractivity contribution in [3.8, 4) is 0 Å². The van der Waals surface area contributed by atoms with E-state index in [9.17, 15) is 9.18 Å². The van der Waals surface area contributed by atoms with Crippen LogP contribution in [0.2, 0.25) is 0 Å². The maximum absolute atomic E-state index is 13.0. The summed E-state index contributed by atoms with van der Waals surface area (Å²) in [6, 6.07) is 6.34. The fourth-order valence-electron chi connectivity index (χ4n) is 2.13. The molecule has 0 unspecified atom stereocenters. The highest BCUT2D eigenvalue weighted by Crippen LogP contribution is 2.17. The second-order valence-corrected chi connectivity index (χ2v) is 5.13. The van der Waals surface area contributed by atoms with Gasteiger partial charge in [0.1, 0.15) is 5.82 Å². The van der Waals surface area contributed by atoms with Crippen molar-refractivity contribution in [2.75, 3.05) is 19.6 Å². The topological polar surface area (TPSA) is 32.3 Å². The standard InChI is InChI=1S/C14H19FN2O/c1-10(2)17-8-11(9-17)7-16-14(18)12-4-3-5-13(15)6-12/h3-6,10-11H,7-9H2,1-2H3,(H,16,18). The fraction of sp³-hybridized carbons (Fsp3) is 0.500. The number of halogens is 1. The summed E-state index contributed by atoms with van der Waals surface area (Å²) in [4.78, 5) is 14.1. The molecule has 0 spiro atoms. The molecule has 18 heavy (non-hydrogen) atoms. The lowest BCUT2D eigenvalue weighted by Crippen LogP contribution is -2.53. The van der Waals surface area contributed by atoms with E-state index in [1.54, 1.807) is 12.1 Å². The summed E-state index contributed by atoms with van der Waals surface area (Å²) in [6.45, 7) is 7.06. The number of rotatable bonds is 4. The summed E-state index contributed by atoms with van der Waals surface area (Å²) in [5, 5.41) is 2.86. The lowest BCUT2D eigenvalue weighted by Gasteiger charge is -2.42. The number of benzene rings is 1. The van der Waals surface area contributed by atoms with Crippen LogP contribution < -0.4 is 5.32 Å². The summed E-state index contributed by atoms with van der Waals surface area (Å²) >= 11 is 0. The number of hydrogen-bond donors (Lipinski definition) is 1. The molecule has 1 heterocycles. The number of amides is 1. The fourth-order valence-corrected chi connectivity index (χ4v) is 2.13. The average Bonchev–Trinajstić information content (AvgIpc) is 2.26. The predicted octanol–water partition coefficient (Wildman–Crippen LogP) is 1.90. The van der Waals surface area contributed by atoms with Crippen LogP contribution in [-0.2, 0) is 0 Å². The molecule has 1 aromatic rings. The Morgan fingerprint density at radius 2 is 2.22 bits per heavy atom. The molecule has 0 radical (unpaired) electrons. The molecular weight excluding hydrogens is 231 g/mol. The van der Waals surface area contributed by atoms with Crippen LogP contribution >= 0.6 is 0 Å². The van der Waals surface area contributed by atoms with Gasteiger partial charge in [-0.2, -0.15) is 0 Å². The third kappa shape index (κ3) is 3.07. The average molecular weight is 250 g/mol. The smallest absolute Gasteiger partial charge is 0.251 e. The van der Waals surface area contributed by atoms with Gasteiger partial charge in [-0.1, -0.05) is 6.07 Å². The number of nitrogens with zero attached hydrogens (tertiary/aromatic N) is 1. The van der Waals surface area contributed by atoms with Crippen molar-refractivity contribution in [2.24, 2.45) is 5.92 Å². The minimum atomic E-state index is -0.378. The zero-order chi connectivity index (χ0) is 13.1. The first-order chi connectivity index (χ1) is 8.56. The van der Waals surface area contributed by atoms with E-state index in [2.05, 4.69) is 24.1 Å². The molecule has 1 saturated heterocycles. The Bertz CT molecular complexity index is 428. The van der Waals surface area contributed by atoms with Gasteiger partial charge in [0, 0.05) is 37.2 Å². The van der Waals surface area contributed by atoms with Crippen LogP contribution in [0.5, 0.6) is 0 Å². The summed E-state index contributed by atoms with van der Waals surface area (Å²) in [5.41, 5.74) is 0.384. The summed E-state index contributed by atoms with van der Waals surface area (Å²) in [5.74, 6) is -0.0558. The van der Waals surface area contributed by atoms with E-state index in [-0.39, 0.29) is 11.7 Å². The van der Waals surface area contributed by atoms with E-state index in [1.807, 2.05) is 0 Å². The molecule has 2 rings (SSSR count). The first kappa shape index (κ1) is 13.0. The van der Waals surface area contributed by atoms with Gasteiger partial charge in [0.2, 0.25) is 0 Å². The second-order valence-electron chi connectivity index (χ2n) is 5.13. The van der Waals surface area contributed by atoms with E-state index in [0.717, 1.165) is 13.1 Å². The van der Waals surface area contributed by atoms with Crippen LogP contribution in [0.4, 0.5) is 4.39 Å². The highest BCUT2D eigenvalue weighted by Gasteiger charge is 2.28. The van der Waals surface area contributed by atoms with E-state index in [4.69, 9.17) is 0 Å². The Morgan fingerprint density at radius 3 is 2.83 bits per heavy atom. The van der Waals surface area contributed by atoms with Crippen molar-refractivity contribution in [3.05, 3.63) is 35.6 Å². The normalized spacial score (nSPS) is 16.7. The van der Waals surface area contributed by atoms with E-state index >= 15 is 0 Å². The van der Waals surface area contributed by atoms with Gasteiger partial charge in [0.25, 0.3) is 5.91 Å². The Hall–Kier alpha value is -1.42. The van der Waals surface area contributed by atoms with Gasteiger partial charge in [-0.3, -0.25) is 4.79 Å². The SMILES string of the molecule is CC(C)N1CC(CNC(=O)c2cccc(F)c2)C1. The minimum absolute atomic E-state index is 0.197. The van der Waals surface area contributed by atoms with Gasteiger partial charge in [0.05, 0.1) is 0 Å². The largest absolute Gasteiger partial charge is 0.352 e. The molecule has 1 aliphatic rings. The van der Waals surface area contributed by atoms with Gasteiger partial charge in [0.15, 0.2) is 0 Å². The molecule has 1 aliphatic heterocycles. The van der Waals surface area contributed by atoms with Crippen LogP contribution in [-0.4, -0.2) is 36.5 Å². The highest BCUT2D eigenvalue weighted by molar-refractivity contribution is 5.94. The molecule has 3 nitrogen and oxygen atoms in total. The van der Waals surface area contributed by atoms with Gasteiger partial charge in [-0.05, 0) is 32.0 Å². The van der Waals surface area contributed by atoms with Crippen LogP contribution in [0.3, 0.4) is 0 Å². The zero-order valence-electron chi connectivity index (χ0n) is 10.8. The molecule has 1 amide bonds. The molecule has 0 aromatic heterocycles. The van der Waals surface area contributed by atoms with Crippen LogP contribution in [0, 0.1) is 11.7 Å². The zero-order valence-corrected chi connectivity index (χ0v) is 10.8. The summed E-state index contributed by atoms with van der Waals surface area (Å²) in [7, 11) is 0. The number of nitrogens with one attached hydrogen (secondary N) is 1. The van der Waals surface area contributed by atoms with Crippen molar-refractivity contribution in [2.45, 2.75) is 19.9 Å². The van der Waals surface area contributed by atoms with Gasteiger partial charge in [-0.25, -0.2) is 4.39 Å². The molecule has 4 heteroatoms. The van der Waals surface area contributed by atoms with Crippen molar-refractivity contribution < 1.29 is 9.18 Å². The lowest BCUT2D eigenvalue weighted by atomic mass is 9.98. The first-order valence-electron chi connectivity index (χ1n) is 6.34. The van der Waals surface area contributed by atoms with Crippen molar-refractivity contribution in [1.29, 1.82) is 0 Å². The Labute approximate surface area is 107 Å². The Morgan fingerprint density at radius 1 is 1.50 bits per heavy atom. The molecule has 0 aliphatic carbocycles. The Kier molecular flexibility index (Phi) is 3.97. The molecular formula is C14H19FN2O. The molecule has 0 atom stereocenters. The highest BCUT2D eigenvalue weighted by atomic mass is 19.1. The van der Waals surface area contributed by atoms with Crippen LogP contribution in [0.15, 0.2) is 24.3 Å². The first-order valence-corrected chi connectivity index (χ1v) is 6.34. The van der Waals surface area contributed by atoms with Gasteiger partial charge in [-0.15, -0.1) is 0 Å². The lowest BCUT2D eigenvalue weighted by molar-refractivity contribution is 0.0640. The third-order valence-electron chi connectivity index (χ3n) is 3.35. The third-order valence-corrected chi connectivity index (χ3v) is 3.35. The number of likely N-dealkylation sites (tertiary alicyclic amines) is 1. The number of carbonyl (C=O) groups is 1. The minimum Gasteiger partial charge on any atom is -0.352 e. The van der Waals surface area contributed by atoms with Crippen molar-refractivity contribution in [3.63, 3.8) is 0 Å². The van der Waals surface area contributed by atoms with E-state index < -0.39 is 0 Å². The predicted molar refractivity (Wildman–Crippen MR) is 68.9 cm³/mol. The number of hydrogen-bond acceptors (Lipinski definition) is 2. The number of carbonyl (C=O) groups excluding carboxylic acids is 1. The quantitative estimate of drug-likeness (QED) is 0.885. The van der Waals surface area contributed by atoms with Crippen molar-refractivity contribution in [1.82, 2.24) is 10.2 Å². The maximum atomic E-state index is 13.0. The van der Waals surface area contributed by atoms with Crippen LogP contribution in [0.25, 0.3) is 0 Å².